The van der Waals surface area contributed by atoms with Gasteiger partial charge in [0.05, 0.1) is 6.04 Å². The molecular weight excluding hydrogens is 186 g/mol. The van der Waals surface area contributed by atoms with E-state index in [0.29, 0.717) is 0 Å². The summed E-state index contributed by atoms with van der Waals surface area (Å²) in [6.45, 7) is 1.60. The van der Waals surface area contributed by atoms with Gasteiger partial charge >= 0.3 is 5.97 Å². The van der Waals surface area contributed by atoms with Crippen molar-refractivity contribution in [3.05, 3.63) is 0 Å². The summed E-state index contributed by atoms with van der Waals surface area (Å²) in [5.41, 5.74) is 0. The zero-order valence-corrected chi connectivity index (χ0v) is 8.37. The van der Waals surface area contributed by atoms with E-state index in [0.717, 1.165) is 0 Å². The molecule has 0 rings (SSSR count). The summed E-state index contributed by atoms with van der Waals surface area (Å²) in [5, 5.41) is 11.1. The van der Waals surface area contributed by atoms with Gasteiger partial charge in [-0.1, -0.05) is 6.92 Å². The van der Waals surface area contributed by atoms with E-state index in [9.17, 15) is 14.4 Å². The van der Waals surface area contributed by atoms with Crippen LogP contribution in [0.2, 0.25) is 0 Å². The van der Waals surface area contributed by atoms with Crippen LogP contribution in [0.25, 0.3) is 0 Å². The SMILES string of the molecule is CCC(=O)C(=O)[C@H](CCC(=O)O)NC. The number of carbonyl (C=O) groups excluding carboxylic acids is 2. The summed E-state index contributed by atoms with van der Waals surface area (Å²) in [6, 6.07) is -0.668. The molecule has 1 atom stereocenters. The molecular formula is C9H15NO4. The highest BCUT2D eigenvalue weighted by molar-refractivity contribution is 6.39. The van der Waals surface area contributed by atoms with Crippen molar-refractivity contribution in [1.29, 1.82) is 0 Å². The van der Waals surface area contributed by atoms with E-state index in [1.165, 1.54) is 7.05 Å². The van der Waals surface area contributed by atoms with Gasteiger partial charge in [0.1, 0.15) is 0 Å². The number of hydrogen-bond donors (Lipinski definition) is 2. The van der Waals surface area contributed by atoms with Crippen LogP contribution < -0.4 is 5.32 Å². The number of nitrogens with one attached hydrogen (secondary N) is 1. The molecule has 0 aliphatic rings. The third kappa shape index (κ3) is 4.13. The first-order valence-electron chi connectivity index (χ1n) is 4.49. The summed E-state index contributed by atoms with van der Waals surface area (Å²) >= 11 is 0. The van der Waals surface area contributed by atoms with E-state index < -0.39 is 23.6 Å². The first-order chi connectivity index (χ1) is 6.52. The van der Waals surface area contributed by atoms with Gasteiger partial charge in [0.2, 0.25) is 5.78 Å². The summed E-state index contributed by atoms with van der Waals surface area (Å²) in [7, 11) is 1.54. The smallest absolute Gasteiger partial charge is 0.303 e. The highest BCUT2D eigenvalue weighted by Gasteiger charge is 2.22. The molecule has 0 aliphatic heterocycles. The predicted molar refractivity (Wildman–Crippen MR) is 50.0 cm³/mol. The van der Waals surface area contributed by atoms with Crippen LogP contribution in [0.3, 0.4) is 0 Å². The summed E-state index contributed by atoms with van der Waals surface area (Å²) in [4.78, 5) is 32.6. The summed E-state index contributed by atoms with van der Waals surface area (Å²) in [6.07, 6.45) is 0.189. The first kappa shape index (κ1) is 12.8. The predicted octanol–water partition coefficient (Wildman–Crippen LogP) is -0.0126. The van der Waals surface area contributed by atoms with E-state index in [2.05, 4.69) is 5.32 Å². The normalized spacial score (nSPS) is 12.1. The van der Waals surface area contributed by atoms with Crippen molar-refractivity contribution in [3.8, 4) is 0 Å². The molecule has 0 bridgehead atoms. The second-order valence-corrected chi connectivity index (χ2v) is 2.91. The Labute approximate surface area is 82.5 Å². The van der Waals surface area contributed by atoms with Crippen molar-refractivity contribution in [2.24, 2.45) is 0 Å². The number of likely N-dealkylation sites (N-methyl/N-ethyl adjacent to an activating group) is 1. The monoisotopic (exact) mass is 201 g/mol. The van der Waals surface area contributed by atoms with Gasteiger partial charge in [0, 0.05) is 12.8 Å². The molecule has 80 valence electrons. The number of rotatable bonds is 7. The molecule has 5 heteroatoms. The molecule has 0 unspecified atom stereocenters. The van der Waals surface area contributed by atoms with Crippen LogP contribution in [-0.2, 0) is 14.4 Å². The molecule has 0 aromatic carbocycles. The fourth-order valence-corrected chi connectivity index (χ4v) is 1.04. The maximum absolute atomic E-state index is 11.3. The van der Waals surface area contributed by atoms with Crippen molar-refractivity contribution in [2.45, 2.75) is 32.2 Å². The van der Waals surface area contributed by atoms with Gasteiger partial charge in [-0.25, -0.2) is 0 Å². The van der Waals surface area contributed by atoms with Crippen molar-refractivity contribution in [2.75, 3.05) is 7.05 Å². The highest BCUT2D eigenvalue weighted by atomic mass is 16.4. The quantitative estimate of drug-likeness (QED) is 0.566. The summed E-state index contributed by atoms with van der Waals surface area (Å²) < 4.78 is 0. The van der Waals surface area contributed by atoms with Gasteiger partial charge in [0.25, 0.3) is 0 Å². The molecule has 0 aromatic heterocycles. The van der Waals surface area contributed by atoms with Crippen LogP contribution in [0, 0.1) is 0 Å². The first-order valence-corrected chi connectivity index (χ1v) is 4.49. The van der Waals surface area contributed by atoms with Crippen LogP contribution in [0.1, 0.15) is 26.2 Å². The number of carboxylic acids is 1. The Kier molecular flexibility index (Phi) is 5.71. The van der Waals surface area contributed by atoms with Gasteiger partial charge in [0.15, 0.2) is 5.78 Å². The maximum Gasteiger partial charge on any atom is 0.303 e. The number of aliphatic carboxylic acids is 1. The Morgan fingerprint density at radius 2 is 1.93 bits per heavy atom. The molecule has 0 aromatic rings. The molecule has 5 nitrogen and oxygen atoms in total. The molecule has 0 heterocycles. The lowest BCUT2D eigenvalue weighted by Gasteiger charge is -2.11. The Bertz CT molecular complexity index is 237. The molecule has 14 heavy (non-hydrogen) atoms. The van der Waals surface area contributed by atoms with Crippen LogP contribution in [0.5, 0.6) is 0 Å². The van der Waals surface area contributed by atoms with Gasteiger partial charge in [-0.2, -0.15) is 0 Å². The minimum atomic E-state index is -0.970. The molecule has 0 radical (unpaired) electrons. The van der Waals surface area contributed by atoms with E-state index in [1.54, 1.807) is 6.92 Å². The maximum atomic E-state index is 11.3. The van der Waals surface area contributed by atoms with Crippen molar-refractivity contribution < 1.29 is 19.5 Å². The Hall–Kier alpha value is -1.23. The average Bonchev–Trinajstić information content (AvgIpc) is 2.16. The van der Waals surface area contributed by atoms with Crippen LogP contribution >= 0.6 is 0 Å². The summed E-state index contributed by atoms with van der Waals surface area (Å²) in [5.74, 6) is -1.96. The lowest BCUT2D eigenvalue weighted by molar-refractivity contribution is -0.139. The lowest BCUT2D eigenvalue weighted by atomic mass is 10.0. The number of Topliss-reactive ketones (excluding diaryl/α,β-unsaturated/α-hetero) is 2. The van der Waals surface area contributed by atoms with Gasteiger partial charge in [-0.3, -0.25) is 14.4 Å². The van der Waals surface area contributed by atoms with Crippen LogP contribution in [0.4, 0.5) is 0 Å². The topological polar surface area (TPSA) is 83.5 Å². The van der Waals surface area contributed by atoms with E-state index in [1.807, 2.05) is 0 Å². The second kappa shape index (κ2) is 6.26. The van der Waals surface area contributed by atoms with Crippen LogP contribution in [0.15, 0.2) is 0 Å². The highest BCUT2D eigenvalue weighted by Crippen LogP contribution is 2.00. The third-order valence-corrected chi connectivity index (χ3v) is 1.91. The Morgan fingerprint density at radius 1 is 1.36 bits per heavy atom. The molecule has 0 saturated carbocycles. The van der Waals surface area contributed by atoms with Crippen molar-refractivity contribution in [1.82, 2.24) is 5.32 Å². The number of carbonyl (C=O) groups is 3. The minimum absolute atomic E-state index is 0.117. The van der Waals surface area contributed by atoms with E-state index in [4.69, 9.17) is 5.11 Å². The molecule has 0 saturated heterocycles. The minimum Gasteiger partial charge on any atom is -0.481 e. The molecule has 0 amide bonds. The van der Waals surface area contributed by atoms with Crippen molar-refractivity contribution >= 4 is 17.5 Å². The van der Waals surface area contributed by atoms with E-state index >= 15 is 0 Å². The number of carboxylic acid groups (broad SMARTS) is 1. The standard InChI is InChI=1S/C9H15NO4/c1-3-7(11)9(14)6(10-2)4-5-8(12)13/h6,10H,3-5H2,1-2H3,(H,12,13)/t6-/m0/s1. The molecule has 0 spiro atoms. The van der Waals surface area contributed by atoms with E-state index in [-0.39, 0.29) is 19.3 Å². The van der Waals surface area contributed by atoms with Crippen LogP contribution in [-0.4, -0.2) is 35.7 Å². The number of hydrogen-bond acceptors (Lipinski definition) is 4. The van der Waals surface area contributed by atoms with Crippen molar-refractivity contribution in [3.63, 3.8) is 0 Å². The van der Waals surface area contributed by atoms with Gasteiger partial charge in [-0.05, 0) is 13.5 Å². The zero-order valence-electron chi connectivity index (χ0n) is 8.37. The Balaban J connectivity index is 4.19. The number of ketones is 2. The zero-order chi connectivity index (χ0) is 11.1. The fraction of sp³-hybridized carbons (Fsp3) is 0.667. The average molecular weight is 201 g/mol. The molecule has 0 fully saturated rings. The lowest BCUT2D eigenvalue weighted by Crippen LogP contribution is -2.38. The fourth-order valence-electron chi connectivity index (χ4n) is 1.04. The second-order valence-electron chi connectivity index (χ2n) is 2.91. The third-order valence-electron chi connectivity index (χ3n) is 1.91. The molecule has 2 N–H and O–H groups in total. The Morgan fingerprint density at radius 3 is 2.29 bits per heavy atom. The van der Waals surface area contributed by atoms with Gasteiger partial charge < -0.3 is 10.4 Å². The molecule has 0 aliphatic carbocycles. The largest absolute Gasteiger partial charge is 0.481 e. The van der Waals surface area contributed by atoms with Gasteiger partial charge in [-0.15, -0.1) is 0 Å².